The molecule has 112 valence electrons. The van der Waals surface area contributed by atoms with Gasteiger partial charge in [0.25, 0.3) is 0 Å². The summed E-state index contributed by atoms with van der Waals surface area (Å²) in [4.78, 5) is 0. The van der Waals surface area contributed by atoms with Crippen LogP contribution in [0.1, 0.15) is 30.5 Å². The molecule has 21 heavy (non-hydrogen) atoms. The van der Waals surface area contributed by atoms with Crippen LogP contribution in [0.3, 0.4) is 0 Å². The SMILES string of the molecule is OCc1ccc(-n2cc(COC3CCCCO3)nn2)cc1. The molecule has 3 rings (SSSR count). The first-order chi connectivity index (χ1) is 10.3. The normalized spacial score (nSPS) is 18.8. The van der Waals surface area contributed by atoms with Gasteiger partial charge in [0.2, 0.25) is 0 Å². The van der Waals surface area contributed by atoms with Crippen LogP contribution >= 0.6 is 0 Å². The third-order valence-corrected chi connectivity index (χ3v) is 3.48. The lowest BCUT2D eigenvalue weighted by molar-refractivity contribution is -0.169. The maximum absolute atomic E-state index is 9.03. The third kappa shape index (κ3) is 3.66. The average Bonchev–Trinajstić information content (AvgIpc) is 3.03. The van der Waals surface area contributed by atoms with Crippen LogP contribution in [0.15, 0.2) is 30.5 Å². The number of aliphatic hydroxyl groups excluding tert-OH is 1. The molecular weight excluding hydrogens is 270 g/mol. The summed E-state index contributed by atoms with van der Waals surface area (Å²) in [5.41, 5.74) is 2.55. The predicted molar refractivity (Wildman–Crippen MR) is 75.7 cm³/mol. The van der Waals surface area contributed by atoms with Gasteiger partial charge in [0.05, 0.1) is 25.1 Å². The second kappa shape index (κ2) is 6.80. The molecule has 6 nitrogen and oxygen atoms in total. The number of benzene rings is 1. The third-order valence-electron chi connectivity index (χ3n) is 3.48. The summed E-state index contributed by atoms with van der Waals surface area (Å²) in [7, 11) is 0. The van der Waals surface area contributed by atoms with Crippen LogP contribution in [-0.2, 0) is 22.7 Å². The first-order valence-corrected chi connectivity index (χ1v) is 7.20. The number of nitrogens with zero attached hydrogens (tertiary/aromatic N) is 3. The Balaban J connectivity index is 1.59. The molecule has 1 saturated heterocycles. The standard InChI is InChI=1S/C15H19N3O3/c19-10-12-4-6-14(7-5-12)18-9-13(16-17-18)11-21-15-3-1-2-8-20-15/h4-7,9,15,19H,1-3,8,10-11H2. The van der Waals surface area contributed by atoms with Crippen molar-refractivity contribution in [2.45, 2.75) is 38.8 Å². The van der Waals surface area contributed by atoms with Crippen LogP contribution in [-0.4, -0.2) is 33.0 Å². The van der Waals surface area contributed by atoms with Gasteiger partial charge in [-0.2, -0.15) is 0 Å². The van der Waals surface area contributed by atoms with E-state index < -0.39 is 0 Å². The first-order valence-electron chi connectivity index (χ1n) is 7.20. The van der Waals surface area contributed by atoms with Crippen molar-refractivity contribution in [1.29, 1.82) is 0 Å². The van der Waals surface area contributed by atoms with E-state index in [1.165, 1.54) is 0 Å². The number of ether oxygens (including phenoxy) is 2. The summed E-state index contributed by atoms with van der Waals surface area (Å²) in [5.74, 6) is 0. The number of hydrogen-bond acceptors (Lipinski definition) is 5. The van der Waals surface area contributed by atoms with E-state index in [9.17, 15) is 0 Å². The molecule has 0 aliphatic carbocycles. The Labute approximate surface area is 123 Å². The van der Waals surface area contributed by atoms with E-state index in [0.717, 1.165) is 42.8 Å². The van der Waals surface area contributed by atoms with E-state index in [2.05, 4.69) is 10.3 Å². The fourth-order valence-electron chi connectivity index (χ4n) is 2.27. The summed E-state index contributed by atoms with van der Waals surface area (Å²) in [6, 6.07) is 7.52. The molecule has 1 atom stereocenters. The molecule has 1 aromatic heterocycles. The zero-order chi connectivity index (χ0) is 14.5. The first kappa shape index (κ1) is 14.2. The van der Waals surface area contributed by atoms with E-state index in [-0.39, 0.29) is 12.9 Å². The second-order valence-corrected chi connectivity index (χ2v) is 5.09. The van der Waals surface area contributed by atoms with Gasteiger partial charge in [-0.25, -0.2) is 4.68 Å². The van der Waals surface area contributed by atoms with Gasteiger partial charge in [-0.1, -0.05) is 17.3 Å². The minimum Gasteiger partial charge on any atom is -0.392 e. The number of aliphatic hydroxyl groups is 1. The lowest BCUT2D eigenvalue weighted by Gasteiger charge is -2.22. The van der Waals surface area contributed by atoms with Crippen molar-refractivity contribution in [2.24, 2.45) is 0 Å². The fourth-order valence-corrected chi connectivity index (χ4v) is 2.27. The molecule has 1 aliphatic rings. The van der Waals surface area contributed by atoms with Gasteiger partial charge in [-0.15, -0.1) is 5.10 Å². The van der Waals surface area contributed by atoms with Crippen LogP contribution in [0.2, 0.25) is 0 Å². The van der Waals surface area contributed by atoms with Gasteiger partial charge in [-0.05, 0) is 37.0 Å². The van der Waals surface area contributed by atoms with Crippen molar-refractivity contribution in [1.82, 2.24) is 15.0 Å². The highest BCUT2D eigenvalue weighted by molar-refractivity contribution is 5.33. The molecule has 0 bridgehead atoms. The largest absolute Gasteiger partial charge is 0.392 e. The molecule has 1 aromatic carbocycles. The summed E-state index contributed by atoms with van der Waals surface area (Å²) in [6.45, 7) is 1.21. The number of aromatic nitrogens is 3. The maximum Gasteiger partial charge on any atom is 0.158 e. The lowest BCUT2D eigenvalue weighted by Crippen LogP contribution is -2.22. The minimum absolute atomic E-state index is 0.0398. The average molecular weight is 289 g/mol. The zero-order valence-corrected chi connectivity index (χ0v) is 11.8. The van der Waals surface area contributed by atoms with Crippen LogP contribution in [0.4, 0.5) is 0 Å². The summed E-state index contributed by atoms with van der Waals surface area (Å²) < 4.78 is 12.9. The highest BCUT2D eigenvalue weighted by atomic mass is 16.7. The van der Waals surface area contributed by atoms with E-state index in [4.69, 9.17) is 14.6 Å². The Bertz CT molecular complexity index is 562. The molecular formula is C15H19N3O3. The van der Waals surface area contributed by atoms with Crippen molar-refractivity contribution in [2.75, 3.05) is 6.61 Å². The topological polar surface area (TPSA) is 69.4 Å². The molecule has 0 spiro atoms. The van der Waals surface area contributed by atoms with Gasteiger partial charge < -0.3 is 14.6 Å². The van der Waals surface area contributed by atoms with Crippen molar-refractivity contribution < 1.29 is 14.6 Å². The Hall–Kier alpha value is -1.76. The Kier molecular flexibility index (Phi) is 4.59. The molecule has 2 aromatic rings. The molecule has 2 heterocycles. The lowest BCUT2D eigenvalue weighted by atomic mass is 10.2. The van der Waals surface area contributed by atoms with Gasteiger partial charge in [0, 0.05) is 6.61 Å². The molecule has 0 saturated carbocycles. The molecule has 1 aliphatic heterocycles. The summed E-state index contributed by atoms with van der Waals surface area (Å²) >= 11 is 0. The van der Waals surface area contributed by atoms with Gasteiger partial charge in [0.1, 0.15) is 5.69 Å². The fraction of sp³-hybridized carbons (Fsp3) is 0.467. The van der Waals surface area contributed by atoms with Crippen molar-refractivity contribution in [3.05, 3.63) is 41.7 Å². The highest BCUT2D eigenvalue weighted by Crippen LogP contribution is 2.15. The maximum atomic E-state index is 9.03. The van der Waals surface area contributed by atoms with E-state index in [1.54, 1.807) is 4.68 Å². The van der Waals surface area contributed by atoms with E-state index >= 15 is 0 Å². The monoisotopic (exact) mass is 289 g/mol. The molecule has 1 fully saturated rings. The zero-order valence-electron chi connectivity index (χ0n) is 11.8. The number of hydrogen-bond donors (Lipinski definition) is 1. The van der Waals surface area contributed by atoms with Crippen molar-refractivity contribution >= 4 is 0 Å². The van der Waals surface area contributed by atoms with Crippen molar-refractivity contribution in [3.63, 3.8) is 0 Å². The van der Waals surface area contributed by atoms with Gasteiger partial charge in [-0.3, -0.25) is 0 Å². The van der Waals surface area contributed by atoms with Crippen LogP contribution in [0, 0.1) is 0 Å². The second-order valence-electron chi connectivity index (χ2n) is 5.09. The molecule has 0 amide bonds. The van der Waals surface area contributed by atoms with Crippen molar-refractivity contribution in [3.8, 4) is 5.69 Å². The quantitative estimate of drug-likeness (QED) is 0.909. The summed E-state index contributed by atoms with van der Waals surface area (Å²) in [6.07, 6.45) is 4.93. The molecule has 6 heteroatoms. The minimum atomic E-state index is -0.118. The van der Waals surface area contributed by atoms with E-state index in [0.29, 0.717) is 6.61 Å². The molecule has 0 radical (unpaired) electrons. The molecule has 1 unspecified atom stereocenters. The Morgan fingerprint density at radius 3 is 2.86 bits per heavy atom. The highest BCUT2D eigenvalue weighted by Gasteiger charge is 2.14. The van der Waals surface area contributed by atoms with Crippen LogP contribution in [0.25, 0.3) is 5.69 Å². The van der Waals surface area contributed by atoms with Crippen LogP contribution in [0.5, 0.6) is 0 Å². The van der Waals surface area contributed by atoms with Gasteiger partial charge in [0.15, 0.2) is 6.29 Å². The molecule has 1 N–H and O–H groups in total. The van der Waals surface area contributed by atoms with Crippen LogP contribution < -0.4 is 0 Å². The van der Waals surface area contributed by atoms with E-state index in [1.807, 2.05) is 30.5 Å². The summed E-state index contributed by atoms with van der Waals surface area (Å²) in [5, 5.41) is 17.2. The van der Waals surface area contributed by atoms with Gasteiger partial charge >= 0.3 is 0 Å². The Morgan fingerprint density at radius 1 is 1.29 bits per heavy atom. The smallest absolute Gasteiger partial charge is 0.158 e. The Morgan fingerprint density at radius 2 is 2.14 bits per heavy atom. The predicted octanol–water partition coefficient (Wildman–Crippen LogP) is 1.80. The number of rotatable bonds is 5.